The van der Waals surface area contributed by atoms with Crippen LogP contribution in [0.25, 0.3) is 11.4 Å². The number of benzene rings is 2. The second-order valence-electron chi connectivity index (χ2n) is 9.43. The molecular formula is C26H27BrF3N5O2. The van der Waals surface area contributed by atoms with E-state index in [1.807, 2.05) is 34.1 Å². The summed E-state index contributed by atoms with van der Waals surface area (Å²) in [6.45, 7) is 4.11. The highest BCUT2D eigenvalue weighted by molar-refractivity contribution is 9.10. The summed E-state index contributed by atoms with van der Waals surface area (Å²) in [7, 11) is 0. The van der Waals surface area contributed by atoms with Crippen LogP contribution in [0, 0.1) is 5.92 Å². The van der Waals surface area contributed by atoms with Gasteiger partial charge in [-0.05, 0) is 56.3 Å². The van der Waals surface area contributed by atoms with Gasteiger partial charge in [0.2, 0.25) is 17.6 Å². The van der Waals surface area contributed by atoms with Crippen molar-refractivity contribution in [1.29, 1.82) is 0 Å². The average Bonchev–Trinajstić information content (AvgIpc) is 3.37. The lowest BCUT2D eigenvalue weighted by molar-refractivity contribution is -0.138. The van der Waals surface area contributed by atoms with Crippen LogP contribution in [-0.2, 0) is 17.5 Å². The number of carbonyl (C=O) groups is 1. The van der Waals surface area contributed by atoms with E-state index in [2.05, 4.69) is 31.0 Å². The van der Waals surface area contributed by atoms with Crippen molar-refractivity contribution in [3.05, 3.63) is 64.5 Å². The molecule has 0 spiro atoms. The number of rotatable bonds is 5. The number of likely N-dealkylation sites (tertiary alicyclic amines) is 1. The number of halogens is 4. The van der Waals surface area contributed by atoms with Gasteiger partial charge in [0.15, 0.2) is 0 Å². The molecule has 5 rings (SSSR count). The Hall–Kier alpha value is -2.92. The van der Waals surface area contributed by atoms with Crippen LogP contribution in [-0.4, -0.2) is 65.1 Å². The SMILES string of the molecule is O=C(C1CCN(Cc2nc(-c3cccc(Br)c3)no2)CC1)N1CCN(c2cccc(C(F)(F)F)c2)CC1. The van der Waals surface area contributed by atoms with E-state index in [9.17, 15) is 18.0 Å². The minimum absolute atomic E-state index is 0.0451. The standard InChI is InChI=1S/C26H27BrF3N5O2/c27-21-5-1-3-19(15-21)24-31-23(37-32-24)17-33-9-7-18(8-10-33)25(36)35-13-11-34(12-14-35)22-6-2-4-20(16-22)26(28,29)30/h1-6,15-16,18H,7-14,17H2. The third-order valence-electron chi connectivity index (χ3n) is 6.98. The van der Waals surface area contributed by atoms with Crippen molar-refractivity contribution in [1.82, 2.24) is 19.9 Å². The van der Waals surface area contributed by atoms with Gasteiger partial charge in [-0.15, -0.1) is 0 Å². The van der Waals surface area contributed by atoms with Gasteiger partial charge in [-0.2, -0.15) is 18.2 Å². The van der Waals surface area contributed by atoms with Crippen LogP contribution in [0.1, 0.15) is 24.3 Å². The number of amides is 1. The maximum atomic E-state index is 13.1. The van der Waals surface area contributed by atoms with E-state index in [1.165, 1.54) is 12.1 Å². The minimum Gasteiger partial charge on any atom is -0.368 e. The average molecular weight is 578 g/mol. The van der Waals surface area contributed by atoms with Crippen LogP contribution in [0.4, 0.5) is 18.9 Å². The highest BCUT2D eigenvalue weighted by Gasteiger charge is 2.33. The zero-order valence-corrected chi connectivity index (χ0v) is 21.7. The molecule has 7 nitrogen and oxygen atoms in total. The first-order valence-corrected chi connectivity index (χ1v) is 13.1. The summed E-state index contributed by atoms with van der Waals surface area (Å²) in [6, 6.07) is 13.1. The Kier molecular flexibility index (Phi) is 7.52. The molecule has 2 aliphatic heterocycles. The molecule has 11 heteroatoms. The second kappa shape index (κ2) is 10.8. The number of alkyl halides is 3. The van der Waals surface area contributed by atoms with E-state index in [0.29, 0.717) is 50.1 Å². The first kappa shape index (κ1) is 25.7. The molecular weight excluding hydrogens is 551 g/mol. The van der Waals surface area contributed by atoms with Gasteiger partial charge in [0.25, 0.3) is 0 Å². The molecule has 1 amide bonds. The summed E-state index contributed by atoms with van der Waals surface area (Å²) in [5, 5.41) is 4.09. The van der Waals surface area contributed by atoms with Gasteiger partial charge in [-0.1, -0.05) is 39.3 Å². The van der Waals surface area contributed by atoms with Gasteiger partial charge >= 0.3 is 6.18 Å². The fourth-order valence-electron chi connectivity index (χ4n) is 4.92. The lowest BCUT2D eigenvalue weighted by Gasteiger charge is -2.39. The Morgan fingerprint density at radius 3 is 2.43 bits per heavy atom. The Bertz CT molecular complexity index is 1230. The van der Waals surface area contributed by atoms with Crippen molar-refractivity contribution in [3.63, 3.8) is 0 Å². The molecule has 0 atom stereocenters. The Morgan fingerprint density at radius 2 is 1.73 bits per heavy atom. The molecule has 37 heavy (non-hydrogen) atoms. The molecule has 0 aliphatic carbocycles. The topological polar surface area (TPSA) is 65.7 Å². The molecule has 0 bridgehead atoms. The lowest BCUT2D eigenvalue weighted by atomic mass is 9.95. The number of hydrogen-bond acceptors (Lipinski definition) is 6. The maximum absolute atomic E-state index is 13.1. The van der Waals surface area contributed by atoms with Gasteiger partial charge in [0, 0.05) is 47.8 Å². The van der Waals surface area contributed by atoms with E-state index in [1.54, 1.807) is 6.07 Å². The quantitative estimate of drug-likeness (QED) is 0.421. The van der Waals surface area contributed by atoms with E-state index < -0.39 is 11.7 Å². The number of hydrogen-bond donors (Lipinski definition) is 0. The summed E-state index contributed by atoms with van der Waals surface area (Å²) in [6.07, 6.45) is -2.87. The lowest BCUT2D eigenvalue weighted by Crippen LogP contribution is -2.51. The minimum atomic E-state index is -4.37. The first-order chi connectivity index (χ1) is 17.8. The Labute approximate surface area is 221 Å². The summed E-state index contributed by atoms with van der Waals surface area (Å²) in [5.41, 5.74) is 0.765. The fraction of sp³-hybridized carbons (Fsp3) is 0.423. The van der Waals surface area contributed by atoms with Gasteiger partial charge in [-0.3, -0.25) is 9.69 Å². The Morgan fingerprint density at radius 1 is 1.00 bits per heavy atom. The zero-order chi connectivity index (χ0) is 26.0. The molecule has 2 aliphatic rings. The summed E-state index contributed by atoms with van der Waals surface area (Å²) >= 11 is 3.45. The predicted molar refractivity (Wildman–Crippen MR) is 136 cm³/mol. The molecule has 0 radical (unpaired) electrons. The zero-order valence-electron chi connectivity index (χ0n) is 20.1. The van der Waals surface area contributed by atoms with Crippen LogP contribution in [0.5, 0.6) is 0 Å². The molecule has 2 saturated heterocycles. The molecule has 0 saturated carbocycles. The number of anilines is 1. The number of carbonyl (C=O) groups excluding carboxylic acids is 1. The highest BCUT2D eigenvalue weighted by Crippen LogP contribution is 2.32. The van der Waals surface area contributed by atoms with E-state index in [0.717, 1.165) is 42.0 Å². The van der Waals surface area contributed by atoms with Gasteiger partial charge < -0.3 is 14.3 Å². The van der Waals surface area contributed by atoms with Crippen LogP contribution in [0.15, 0.2) is 57.5 Å². The third kappa shape index (κ3) is 6.15. The highest BCUT2D eigenvalue weighted by atomic mass is 79.9. The summed E-state index contributed by atoms with van der Waals surface area (Å²) in [5.74, 6) is 1.19. The smallest absolute Gasteiger partial charge is 0.368 e. The van der Waals surface area contributed by atoms with Crippen molar-refractivity contribution in [2.45, 2.75) is 25.6 Å². The molecule has 0 N–H and O–H groups in total. The fourth-order valence-corrected chi connectivity index (χ4v) is 5.31. The predicted octanol–water partition coefficient (Wildman–Crippen LogP) is 5.08. The van der Waals surface area contributed by atoms with Crippen molar-refractivity contribution >= 4 is 27.5 Å². The number of piperazine rings is 1. The van der Waals surface area contributed by atoms with Crippen LogP contribution >= 0.6 is 15.9 Å². The summed E-state index contributed by atoms with van der Waals surface area (Å²) < 4.78 is 45.6. The summed E-state index contributed by atoms with van der Waals surface area (Å²) in [4.78, 5) is 23.6. The second-order valence-corrected chi connectivity index (χ2v) is 10.3. The normalized spacial score (nSPS) is 17.8. The molecule has 2 fully saturated rings. The van der Waals surface area contributed by atoms with Crippen molar-refractivity contribution in [2.24, 2.45) is 5.92 Å². The van der Waals surface area contributed by atoms with Crippen LogP contribution < -0.4 is 4.90 Å². The number of piperidine rings is 1. The first-order valence-electron chi connectivity index (χ1n) is 12.3. The third-order valence-corrected chi connectivity index (χ3v) is 7.47. The maximum Gasteiger partial charge on any atom is 0.416 e. The van der Waals surface area contributed by atoms with E-state index >= 15 is 0 Å². The molecule has 1 aromatic heterocycles. The van der Waals surface area contributed by atoms with Gasteiger partial charge in [0.1, 0.15) is 0 Å². The molecule has 0 unspecified atom stereocenters. The number of nitrogens with zero attached hydrogens (tertiary/aromatic N) is 5. The molecule has 3 aromatic rings. The molecule has 3 heterocycles. The van der Waals surface area contributed by atoms with Crippen LogP contribution in [0.2, 0.25) is 0 Å². The van der Waals surface area contributed by atoms with Gasteiger partial charge in [-0.25, -0.2) is 0 Å². The van der Waals surface area contributed by atoms with E-state index in [-0.39, 0.29) is 11.8 Å². The molecule has 196 valence electrons. The monoisotopic (exact) mass is 577 g/mol. The van der Waals surface area contributed by atoms with Crippen molar-refractivity contribution in [2.75, 3.05) is 44.2 Å². The van der Waals surface area contributed by atoms with Crippen molar-refractivity contribution in [3.8, 4) is 11.4 Å². The Balaban J connectivity index is 1.09. The van der Waals surface area contributed by atoms with Crippen LogP contribution in [0.3, 0.4) is 0 Å². The van der Waals surface area contributed by atoms with E-state index in [4.69, 9.17) is 4.52 Å². The van der Waals surface area contributed by atoms with Crippen molar-refractivity contribution < 1.29 is 22.5 Å². The molecule has 2 aromatic carbocycles. The van der Waals surface area contributed by atoms with Gasteiger partial charge in [0.05, 0.1) is 12.1 Å². The largest absolute Gasteiger partial charge is 0.416 e. The number of aromatic nitrogens is 2.